The second-order valence-corrected chi connectivity index (χ2v) is 11.5. The van der Waals surface area contributed by atoms with Crippen LogP contribution in [0.25, 0.3) is 0 Å². The van der Waals surface area contributed by atoms with Gasteiger partial charge in [-0.25, -0.2) is 8.42 Å². The number of nitrogens with zero attached hydrogens (tertiary/aromatic N) is 2. The van der Waals surface area contributed by atoms with E-state index in [1.165, 1.54) is 32.5 Å². The van der Waals surface area contributed by atoms with Crippen molar-refractivity contribution in [2.24, 2.45) is 0 Å². The second-order valence-electron chi connectivity index (χ2n) is 7.43. The van der Waals surface area contributed by atoms with Crippen molar-refractivity contribution in [1.29, 1.82) is 0 Å². The summed E-state index contributed by atoms with van der Waals surface area (Å²) in [5.41, 5.74) is 3.25. The van der Waals surface area contributed by atoms with Gasteiger partial charge < -0.3 is 9.64 Å². The van der Waals surface area contributed by atoms with E-state index >= 15 is 0 Å². The third kappa shape index (κ3) is 4.69. The Bertz CT molecular complexity index is 1160. The van der Waals surface area contributed by atoms with Crippen molar-refractivity contribution < 1.29 is 17.9 Å². The summed E-state index contributed by atoms with van der Waals surface area (Å²) in [6.45, 7) is 5.87. The maximum absolute atomic E-state index is 12.9. The summed E-state index contributed by atoms with van der Waals surface area (Å²) >= 11 is 2.61. The van der Waals surface area contributed by atoms with Gasteiger partial charge in [0.2, 0.25) is 0 Å². The standard InChI is InChI=1S/C22H24N2O4S3/c1-16-5-3-6-19(17(16)2)28-14-18-13-20(30-15-18)22(25)23-8-10-24(11-9-23)31(26,27)21-7-4-12-29-21/h3-7,12-13,15H,8-11,14H2,1-2H3. The zero-order valence-electron chi connectivity index (χ0n) is 17.4. The van der Waals surface area contributed by atoms with Crippen LogP contribution in [0.5, 0.6) is 5.75 Å². The number of amides is 1. The summed E-state index contributed by atoms with van der Waals surface area (Å²) < 4.78 is 33.0. The van der Waals surface area contributed by atoms with Gasteiger partial charge in [-0.3, -0.25) is 4.79 Å². The molecule has 164 valence electrons. The summed E-state index contributed by atoms with van der Waals surface area (Å²) in [6, 6.07) is 11.2. The van der Waals surface area contributed by atoms with Gasteiger partial charge in [0.25, 0.3) is 15.9 Å². The van der Waals surface area contributed by atoms with Crippen LogP contribution in [0, 0.1) is 13.8 Å². The Balaban J connectivity index is 1.35. The number of thiophene rings is 2. The fourth-order valence-electron chi connectivity index (χ4n) is 3.43. The first-order chi connectivity index (χ1) is 14.9. The predicted molar refractivity (Wildman–Crippen MR) is 124 cm³/mol. The molecule has 3 aromatic rings. The molecule has 4 rings (SSSR count). The summed E-state index contributed by atoms with van der Waals surface area (Å²) in [7, 11) is -3.47. The van der Waals surface area contributed by atoms with Gasteiger partial charge in [-0.15, -0.1) is 22.7 Å². The Morgan fingerprint density at radius 3 is 2.55 bits per heavy atom. The fourth-order valence-corrected chi connectivity index (χ4v) is 6.86. The molecule has 0 radical (unpaired) electrons. The van der Waals surface area contributed by atoms with Gasteiger partial charge >= 0.3 is 0 Å². The third-order valence-electron chi connectivity index (χ3n) is 5.43. The van der Waals surface area contributed by atoms with Gasteiger partial charge in [0.1, 0.15) is 16.6 Å². The summed E-state index contributed by atoms with van der Waals surface area (Å²) in [5, 5.41) is 3.70. The second kappa shape index (κ2) is 9.12. The number of sulfonamides is 1. The van der Waals surface area contributed by atoms with Crippen molar-refractivity contribution in [2.45, 2.75) is 24.7 Å². The molecule has 0 unspecified atom stereocenters. The molecule has 0 bridgehead atoms. The molecule has 1 fully saturated rings. The van der Waals surface area contributed by atoms with Crippen LogP contribution >= 0.6 is 22.7 Å². The lowest BCUT2D eigenvalue weighted by Gasteiger charge is -2.33. The molecule has 0 saturated carbocycles. The van der Waals surface area contributed by atoms with E-state index in [-0.39, 0.29) is 5.91 Å². The lowest BCUT2D eigenvalue weighted by atomic mass is 10.1. The molecule has 6 nitrogen and oxygen atoms in total. The molecular formula is C22H24N2O4S3. The lowest BCUT2D eigenvalue weighted by molar-refractivity contribution is 0.0703. The van der Waals surface area contributed by atoms with Gasteiger partial charge in [-0.1, -0.05) is 18.2 Å². The molecule has 1 amide bonds. The first-order valence-electron chi connectivity index (χ1n) is 9.95. The number of rotatable bonds is 6. The fraction of sp³-hybridized carbons (Fsp3) is 0.318. The van der Waals surface area contributed by atoms with Crippen molar-refractivity contribution in [2.75, 3.05) is 26.2 Å². The highest BCUT2D eigenvalue weighted by molar-refractivity contribution is 7.91. The van der Waals surface area contributed by atoms with E-state index < -0.39 is 10.0 Å². The number of ether oxygens (including phenoxy) is 1. The quantitative estimate of drug-likeness (QED) is 0.536. The van der Waals surface area contributed by atoms with Gasteiger partial charge in [0.05, 0.1) is 4.88 Å². The van der Waals surface area contributed by atoms with Crippen LogP contribution in [-0.2, 0) is 16.6 Å². The van der Waals surface area contributed by atoms with Crippen LogP contribution in [0.2, 0.25) is 0 Å². The van der Waals surface area contributed by atoms with Crippen molar-refractivity contribution in [3.05, 3.63) is 68.7 Å². The van der Waals surface area contributed by atoms with Crippen LogP contribution in [0.3, 0.4) is 0 Å². The zero-order valence-corrected chi connectivity index (χ0v) is 19.9. The first-order valence-corrected chi connectivity index (χ1v) is 13.2. The third-order valence-corrected chi connectivity index (χ3v) is 9.67. The molecule has 0 atom stereocenters. The van der Waals surface area contributed by atoms with E-state index in [1.54, 1.807) is 22.4 Å². The molecule has 1 aliphatic rings. The van der Waals surface area contributed by atoms with E-state index in [0.717, 1.165) is 16.9 Å². The molecule has 0 spiro atoms. The van der Waals surface area contributed by atoms with Crippen LogP contribution in [0.4, 0.5) is 0 Å². The molecular weight excluding hydrogens is 452 g/mol. The van der Waals surface area contributed by atoms with E-state index in [1.807, 2.05) is 30.5 Å². The van der Waals surface area contributed by atoms with Crippen molar-refractivity contribution >= 4 is 38.6 Å². The van der Waals surface area contributed by atoms with Gasteiger partial charge in [-0.05, 0) is 53.9 Å². The number of piperazine rings is 1. The normalized spacial score (nSPS) is 15.2. The molecule has 1 aliphatic heterocycles. The number of carbonyl (C=O) groups is 1. The summed E-state index contributed by atoms with van der Waals surface area (Å²) in [6.07, 6.45) is 0. The molecule has 2 aromatic heterocycles. The Labute approximate surface area is 190 Å². The smallest absolute Gasteiger partial charge is 0.264 e. The average Bonchev–Trinajstić information content (AvgIpc) is 3.47. The van der Waals surface area contributed by atoms with Crippen LogP contribution < -0.4 is 4.74 Å². The van der Waals surface area contributed by atoms with Gasteiger partial charge in [0, 0.05) is 31.7 Å². The molecule has 0 aliphatic carbocycles. The number of hydrogen-bond acceptors (Lipinski definition) is 6. The molecule has 3 heterocycles. The largest absolute Gasteiger partial charge is 0.489 e. The molecule has 1 aromatic carbocycles. The number of benzene rings is 1. The van der Waals surface area contributed by atoms with Crippen LogP contribution in [-0.4, -0.2) is 49.7 Å². The van der Waals surface area contributed by atoms with E-state index in [0.29, 0.717) is 41.9 Å². The van der Waals surface area contributed by atoms with Gasteiger partial charge in [0.15, 0.2) is 0 Å². The monoisotopic (exact) mass is 476 g/mol. The maximum Gasteiger partial charge on any atom is 0.264 e. The summed E-state index contributed by atoms with van der Waals surface area (Å²) in [5.74, 6) is 0.790. The Kier molecular flexibility index (Phi) is 6.47. The predicted octanol–water partition coefficient (Wildman–Crippen LogP) is 4.15. The average molecular weight is 477 g/mol. The minimum absolute atomic E-state index is 0.0591. The first kappa shape index (κ1) is 22.0. The molecule has 1 saturated heterocycles. The maximum atomic E-state index is 12.9. The number of carbonyl (C=O) groups excluding carboxylic acids is 1. The van der Waals surface area contributed by atoms with E-state index in [9.17, 15) is 13.2 Å². The summed E-state index contributed by atoms with van der Waals surface area (Å²) in [4.78, 5) is 15.3. The Hall–Kier alpha value is -2.20. The topological polar surface area (TPSA) is 66.9 Å². The SMILES string of the molecule is Cc1cccc(OCc2csc(C(=O)N3CCN(S(=O)(=O)c4cccs4)CC3)c2)c1C. The van der Waals surface area contributed by atoms with Crippen molar-refractivity contribution in [1.82, 2.24) is 9.21 Å². The highest BCUT2D eigenvalue weighted by Gasteiger charge is 2.31. The number of hydrogen-bond donors (Lipinski definition) is 0. The van der Waals surface area contributed by atoms with Crippen molar-refractivity contribution in [3.63, 3.8) is 0 Å². The highest BCUT2D eigenvalue weighted by atomic mass is 32.2. The minimum atomic E-state index is -3.47. The number of aryl methyl sites for hydroxylation is 1. The molecule has 9 heteroatoms. The van der Waals surface area contributed by atoms with Crippen molar-refractivity contribution in [3.8, 4) is 5.75 Å². The lowest BCUT2D eigenvalue weighted by Crippen LogP contribution is -2.50. The minimum Gasteiger partial charge on any atom is -0.489 e. The molecule has 31 heavy (non-hydrogen) atoms. The highest BCUT2D eigenvalue weighted by Crippen LogP contribution is 2.25. The van der Waals surface area contributed by atoms with Crippen LogP contribution in [0.15, 0.2) is 51.4 Å². The van der Waals surface area contributed by atoms with E-state index in [2.05, 4.69) is 13.0 Å². The van der Waals surface area contributed by atoms with Crippen LogP contribution in [0.1, 0.15) is 26.4 Å². The Morgan fingerprint density at radius 1 is 1.06 bits per heavy atom. The molecule has 0 N–H and O–H groups in total. The van der Waals surface area contributed by atoms with Gasteiger partial charge in [-0.2, -0.15) is 4.31 Å². The Morgan fingerprint density at radius 2 is 1.84 bits per heavy atom. The van der Waals surface area contributed by atoms with E-state index in [4.69, 9.17) is 4.74 Å². The zero-order chi connectivity index (χ0) is 22.0.